The van der Waals surface area contributed by atoms with Gasteiger partial charge in [-0.2, -0.15) is 0 Å². The molecule has 1 aromatic carbocycles. The van der Waals surface area contributed by atoms with E-state index in [1.807, 2.05) is 0 Å². The molecule has 0 spiro atoms. The van der Waals surface area contributed by atoms with Crippen LogP contribution in [0.25, 0.3) is 0 Å². The Labute approximate surface area is 164 Å². The van der Waals surface area contributed by atoms with Crippen molar-refractivity contribution in [3.05, 3.63) is 34.6 Å². The summed E-state index contributed by atoms with van der Waals surface area (Å²) in [5, 5.41) is 3.28. The highest BCUT2D eigenvalue weighted by atomic mass is 35.5. The van der Waals surface area contributed by atoms with Crippen molar-refractivity contribution in [1.82, 2.24) is 15.1 Å². The molecule has 1 N–H and O–H groups in total. The van der Waals surface area contributed by atoms with E-state index in [0.29, 0.717) is 23.6 Å². The molecular weight excluding hydrogens is 369 g/mol. The van der Waals surface area contributed by atoms with E-state index in [0.717, 1.165) is 45.2 Å². The Kier molecular flexibility index (Phi) is 7.07. The number of hydrogen-bond acceptors (Lipinski definition) is 3. The Morgan fingerprint density at radius 1 is 1.15 bits per heavy atom. The summed E-state index contributed by atoms with van der Waals surface area (Å²) in [4.78, 5) is 28.3. The highest BCUT2D eigenvalue weighted by Gasteiger charge is 2.28. The first kappa shape index (κ1) is 20.1. The van der Waals surface area contributed by atoms with E-state index in [2.05, 4.69) is 10.2 Å². The van der Waals surface area contributed by atoms with Crippen LogP contribution in [0.4, 0.5) is 4.39 Å². The Morgan fingerprint density at radius 3 is 2.63 bits per heavy atom. The van der Waals surface area contributed by atoms with Crippen molar-refractivity contribution in [1.29, 1.82) is 0 Å². The van der Waals surface area contributed by atoms with Gasteiger partial charge in [-0.25, -0.2) is 4.39 Å². The maximum atomic E-state index is 14.5. The monoisotopic (exact) mass is 395 g/mol. The number of halogens is 2. The van der Waals surface area contributed by atoms with Crippen LogP contribution >= 0.6 is 11.6 Å². The standard InChI is InChI=1S/C20H27ClFN3O2/c21-15-7-6-8-16(22)20(15)17(24-10-4-5-11-24)13-23-18(26)14-25-12-3-1-2-9-19(25)27/h6-8,17H,1-5,9-14H2,(H,23,26). The molecule has 2 fully saturated rings. The minimum absolute atomic E-state index is 0.0379. The van der Waals surface area contributed by atoms with Crippen LogP contribution in [0, 0.1) is 5.82 Å². The van der Waals surface area contributed by atoms with E-state index >= 15 is 0 Å². The maximum absolute atomic E-state index is 14.5. The predicted octanol–water partition coefficient (Wildman–Crippen LogP) is 3.13. The number of benzene rings is 1. The van der Waals surface area contributed by atoms with Crippen molar-refractivity contribution in [2.75, 3.05) is 32.7 Å². The van der Waals surface area contributed by atoms with Crippen molar-refractivity contribution in [3.8, 4) is 0 Å². The van der Waals surface area contributed by atoms with E-state index in [1.54, 1.807) is 17.0 Å². The lowest BCUT2D eigenvalue weighted by Gasteiger charge is -2.29. The zero-order valence-electron chi connectivity index (χ0n) is 15.6. The second kappa shape index (κ2) is 9.51. The van der Waals surface area contributed by atoms with E-state index in [-0.39, 0.29) is 36.8 Å². The van der Waals surface area contributed by atoms with Gasteiger partial charge in [0.1, 0.15) is 5.82 Å². The lowest BCUT2D eigenvalue weighted by molar-refractivity contribution is -0.135. The van der Waals surface area contributed by atoms with Crippen LogP contribution < -0.4 is 5.32 Å². The van der Waals surface area contributed by atoms with E-state index in [1.165, 1.54) is 6.07 Å². The van der Waals surface area contributed by atoms with Crippen molar-refractivity contribution >= 4 is 23.4 Å². The molecule has 2 aliphatic heterocycles. The van der Waals surface area contributed by atoms with Gasteiger partial charge in [-0.05, 0) is 50.9 Å². The molecule has 0 saturated carbocycles. The Bertz CT molecular complexity index is 659. The first-order valence-electron chi connectivity index (χ1n) is 9.78. The fourth-order valence-electron chi connectivity index (χ4n) is 3.94. The number of likely N-dealkylation sites (tertiary alicyclic amines) is 2. The molecule has 2 aliphatic rings. The predicted molar refractivity (Wildman–Crippen MR) is 103 cm³/mol. The third kappa shape index (κ3) is 5.20. The topological polar surface area (TPSA) is 52.7 Å². The quantitative estimate of drug-likeness (QED) is 0.805. The molecule has 1 aromatic rings. The first-order valence-corrected chi connectivity index (χ1v) is 10.2. The van der Waals surface area contributed by atoms with Crippen LogP contribution in [-0.4, -0.2) is 54.3 Å². The van der Waals surface area contributed by atoms with Crippen molar-refractivity contribution < 1.29 is 14.0 Å². The first-order chi connectivity index (χ1) is 13.1. The fourth-order valence-corrected chi connectivity index (χ4v) is 4.23. The third-order valence-corrected chi connectivity index (χ3v) is 5.74. The Hall–Kier alpha value is -1.66. The summed E-state index contributed by atoms with van der Waals surface area (Å²) in [6.07, 6.45) is 5.46. The average molecular weight is 396 g/mol. The maximum Gasteiger partial charge on any atom is 0.239 e. The van der Waals surface area contributed by atoms with Crippen LogP contribution in [0.2, 0.25) is 5.02 Å². The molecule has 2 saturated heterocycles. The molecule has 5 nitrogen and oxygen atoms in total. The molecule has 148 valence electrons. The summed E-state index contributed by atoms with van der Waals surface area (Å²) >= 11 is 6.28. The van der Waals surface area contributed by atoms with Gasteiger partial charge in [0.2, 0.25) is 11.8 Å². The normalized spacial score (nSPS) is 19.8. The number of nitrogens with zero attached hydrogens (tertiary/aromatic N) is 2. The van der Waals surface area contributed by atoms with Gasteiger partial charge in [0.15, 0.2) is 0 Å². The van der Waals surface area contributed by atoms with Gasteiger partial charge in [0.25, 0.3) is 0 Å². The van der Waals surface area contributed by atoms with Gasteiger partial charge in [-0.3, -0.25) is 14.5 Å². The zero-order chi connectivity index (χ0) is 19.2. The number of hydrogen-bond donors (Lipinski definition) is 1. The minimum atomic E-state index is -0.351. The van der Waals surface area contributed by atoms with E-state index < -0.39 is 0 Å². The van der Waals surface area contributed by atoms with Crippen molar-refractivity contribution in [2.24, 2.45) is 0 Å². The summed E-state index contributed by atoms with van der Waals surface area (Å²) in [7, 11) is 0. The molecule has 0 aromatic heterocycles. The molecule has 2 heterocycles. The third-order valence-electron chi connectivity index (χ3n) is 5.41. The van der Waals surface area contributed by atoms with E-state index in [4.69, 9.17) is 11.6 Å². The van der Waals surface area contributed by atoms with Crippen LogP contribution in [0.15, 0.2) is 18.2 Å². The Balaban J connectivity index is 1.66. The van der Waals surface area contributed by atoms with Crippen molar-refractivity contribution in [3.63, 3.8) is 0 Å². The molecule has 0 aliphatic carbocycles. The molecule has 1 atom stereocenters. The number of carbonyl (C=O) groups excluding carboxylic acids is 2. The zero-order valence-corrected chi connectivity index (χ0v) is 16.3. The van der Waals surface area contributed by atoms with E-state index in [9.17, 15) is 14.0 Å². The lowest BCUT2D eigenvalue weighted by Crippen LogP contribution is -2.43. The second-order valence-corrected chi connectivity index (χ2v) is 7.73. The average Bonchev–Trinajstić information content (AvgIpc) is 3.09. The number of carbonyl (C=O) groups is 2. The molecule has 1 unspecified atom stereocenters. The van der Waals surface area contributed by atoms with Gasteiger partial charge >= 0.3 is 0 Å². The van der Waals surface area contributed by atoms with Gasteiger partial charge in [-0.15, -0.1) is 0 Å². The van der Waals surface area contributed by atoms with Gasteiger partial charge in [0, 0.05) is 30.1 Å². The number of rotatable bonds is 6. The highest BCUT2D eigenvalue weighted by molar-refractivity contribution is 6.31. The summed E-state index contributed by atoms with van der Waals surface area (Å²) in [6, 6.07) is 4.37. The van der Waals surface area contributed by atoms with Crippen LogP contribution in [0.3, 0.4) is 0 Å². The molecule has 27 heavy (non-hydrogen) atoms. The lowest BCUT2D eigenvalue weighted by atomic mass is 10.0. The van der Waals surface area contributed by atoms with Crippen LogP contribution in [-0.2, 0) is 9.59 Å². The fraction of sp³-hybridized carbons (Fsp3) is 0.600. The SMILES string of the molecule is O=C(CN1CCCCCC1=O)NCC(c1c(F)cccc1Cl)N1CCCC1. The van der Waals surface area contributed by atoms with Gasteiger partial charge in [0.05, 0.1) is 12.6 Å². The molecule has 3 rings (SSSR count). The largest absolute Gasteiger partial charge is 0.353 e. The Morgan fingerprint density at radius 2 is 1.89 bits per heavy atom. The second-order valence-electron chi connectivity index (χ2n) is 7.32. The minimum Gasteiger partial charge on any atom is -0.353 e. The number of amides is 2. The summed E-state index contributed by atoms with van der Waals surface area (Å²) in [5.74, 6) is -0.519. The van der Waals surface area contributed by atoms with Gasteiger partial charge in [-0.1, -0.05) is 24.1 Å². The van der Waals surface area contributed by atoms with Gasteiger partial charge < -0.3 is 10.2 Å². The van der Waals surface area contributed by atoms with Crippen LogP contribution in [0.5, 0.6) is 0 Å². The highest BCUT2D eigenvalue weighted by Crippen LogP contribution is 2.31. The molecule has 7 heteroatoms. The molecule has 0 radical (unpaired) electrons. The smallest absolute Gasteiger partial charge is 0.239 e. The van der Waals surface area contributed by atoms with Crippen LogP contribution in [0.1, 0.15) is 50.1 Å². The molecule has 2 amide bonds. The number of nitrogens with one attached hydrogen (secondary N) is 1. The molecular formula is C20H27ClFN3O2. The summed E-state index contributed by atoms with van der Waals surface area (Å²) < 4.78 is 14.5. The van der Waals surface area contributed by atoms with Crippen molar-refractivity contribution in [2.45, 2.75) is 44.6 Å². The summed E-state index contributed by atoms with van der Waals surface area (Å²) in [6.45, 7) is 2.69. The summed E-state index contributed by atoms with van der Waals surface area (Å²) in [5.41, 5.74) is 0.437. The molecule has 0 bridgehead atoms.